The van der Waals surface area contributed by atoms with E-state index in [9.17, 15) is 4.79 Å². The van der Waals surface area contributed by atoms with Crippen LogP contribution in [-0.4, -0.2) is 20.5 Å². The van der Waals surface area contributed by atoms with E-state index in [-0.39, 0.29) is 5.78 Å². The van der Waals surface area contributed by atoms with E-state index in [0.717, 1.165) is 5.56 Å². The van der Waals surface area contributed by atoms with E-state index < -0.39 is 5.41 Å². The second-order valence-electron chi connectivity index (χ2n) is 5.86. The molecule has 0 unspecified atom stereocenters. The van der Waals surface area contributed by atoms with Crippen LogP contribution >= 0.6 is 0 Å². The van der Waals surface area contributed by atoms with Crippen LogP contribution in [-0.2, 0) is 4.79 Å². The predicted octanol–water partition coefficient (Wildman–Crippen LogP) is 3.20. The minimum absolute atomic E-state index is 0.0311. The summed E-state index contributed by atoms with van der Waals surface area (Å²) in [5.74, 6) is 0.0311. The lowest BCUT2D eigenvalue weighted by Crippen LogP contribution is -2.24. The predicted molar refractivity (Wildman–Crippen MR) is 79.8 cm³/mol. The van der Waals surface area contributed by atoms with Crippen LogP contribution in [0.15, 0.2) is 36.9 Å². The van der Waals surface area contributed by atoms with Crippen LogP contribution in [0.2, 0.25) is 0 Å². The second-order valence-corrected chi connectivity index (χ2v) is 5.86. The normalized spacial score (nSPS) is 12.5. The van der Waals surface area contributed by atoms with Gasteiger partial charge in [-0.15, -0.1) is 0 Å². The number of allylic oxidation sites excluding steroid dienone is 1. The number of benzene rings is 1. The maximum atomic E-state index is 12.6. The quantitative estimate of drug-likeness (QED) is 0.804. The molecule has 0 aliphatic rings. The number of aromatic nitrogens is 3. The Hall–Kier alpha value is -2.23. The summed E-state index contributed by atoms with van der Waals surface area (Å²) < 4.78 is 1.52. The highest BCUT2D eigenvalue weighted by atomic mass is 16.1. The van der Waals surface area contributed by atoms with E-state index in [0.29, 0.717) is 5.70 Å². The lowest BCUT2D eigenvalue weighted by molar-refractivity contribution is -0.120. The monoisotopic (exact) mass is 269 g/mol. The molecule has 2 aromatic rings. The standard InChI is InChI=1S/C16H19N3O/c1-12-5-7-13(8-6-12)9-14(15(20)16(2,3)4)19-11-17-10-18-19/h5-11H,1-4H3. The van der Waals surface area contributed by atoms with Crippen LogP contribution in [0.4, 0.5) is 0 Å². The first-order chi connectivity index (χ1) is 9.38. The summed E-state index contributed by atoms with van der Waals surface area (Å²) in [4.78, 5) is 16.5. The van der Waals surface area contributed by atoms with Crippen LogP contribution < -0.4 is 0 Å². The van der Waals surface area contributed by atoms with E-state index in [2.05, 4.69) is 10.1 Å². The fourth-order valence-corrected chi connectivity index (χ4v) is 1.77. The molecule has 0 saturated carbocycles. The van der Waals surface area contributed by atoms with Crippen molar-refractivity contribution in [3.05, 3.63) is 48.0 Å². The molecule has 104 valence electrons. The first-order valence-corrected chi connectivity index (χ1v) is 6.56. The Labute approximate surface area is 119 Å². The molecule has 0 bridgehead atoms. The zero-order valence-electron chi connectivity index (χ0n) is 12.3. The average Bonchev–Trinajstić information content (AvgIpc) is 2.90. The van der Waals surface area contributed by atoms with E-state index in [1.165, 1.54) is 16.6 Å². The maximum absolute atomic E-state index is 12.6. The largest absolute Gasteiger partial charge is 0.292 e. The minimum atomic E-state index is -0.470. The molecule has 0 saturated heterocycles. The van der Waals surface area contributed by atoms with Crippen molar-refractivity contribution in [1.82, 2.24) is 14.8 Å². The number of aryl methyl sites for hydroxylation is 1. The zero-order valence-corrected chi connectivity index (χ0v) is 12.3. The molecule has 0 amide bonds. The van der Waals surface area contributed by atoms with Crippen molar-refractivity contribution in [3.8, 4) is 0 Å². The van der Waals surface area contributed by atoms with Crippen molar-refractivity contribution < 1.29 is 4.79 Å². The fraction of sp³-hybridized carbons (Fsp3) is 0.312. The van der Waals surface area contributed by atoms with Gasteiger partial charge in [0.25, 0.3) is 0 Å². The molecule has 0 spiro atoms. The molecule has 1 heterocycles. The van der Waals surface area contributed by atoms with Crippen molar-refractivity contribution in [2.24, 2.45) is 5.41 Å². The van der Waals surface area contributed by atoms with Gasteiger partial charge in [0.2, 0.25) is 0 Å². The first-order valence-electron chi connectivity index (χ1n) is 6.56. The van der Waals surface area contributed by atoms with Crippen molar-refractivity contribution in [3.63, 3.8) is 0 Å². The van der Waals surface area contributed by atoms with Gasteiger partial charge in [-0.05, 0) is 18.6 Å². The summed E-state index contributed by atoms with van der Waals surface area (Å²) in [7, 11) is 0. The van der Waals surface area contributed by atoms with Gasteiger partial charge >= 0.3 is 0 Å². The highest BCUT2D eigenvalue weighted by Gasteiger charge is 2.26. The Morgan fingerprint density at radius 2 is 1.85 bits per heavy atom. The van der Waals surface area contributed by atoms with E-state index in [1.54, 1.807) is 6.33 Å². The van der Waals surface area contributed by atoms with Gasteiger partial charge < -0.3 is 0 Å². The zero-order chi connectivity index (χ0) is 14.8. The number of hydrogen-bond donors (Lipinski definition) is 0. The Balaban J connectivity index is 2.47. The molecule has 0 atom stereocenters. The summed E-state index contributed by atoms with van der Waals surface area (Å²) in [5.41, 5.74) is 2.21. The Morgan fingerprint density at radius 3 is 2.35 bits per heavy atom. The van der Waals surface area contributed by atoms with Crippen LogP contribution in [0.25, 0.3) is 11.8 Å². The van der Waals surface area contributed by atoms with Crippen molar-refractivity contribution in [2.45, 2.75) is 27.7 Å². The van der Waals surface area contributed by atoms with Gasteiger partial charge in [0, 0.05) is 5.41 Å². The summed E-state index contributed by atoms with van der Waals surface area (Å²) in [6.07, 6.45) is 4.82. The third-order valence-corrected chi connectivity index (χ3v) is 2.96. The van der Waals surface area contributed by atoms with E-state index >= 15 is 0 Å². The van der Waals surface area contributed by atoms with Gasteiger partial charge in [0.15, 0.2) is 5.78 Å². The molecule has 0 radical (unpaired) electrons. The smallest absolute Gasteiger partial charge is 0.186 e. The van der Waals surface area contributed by atoms with E-state index in [4.69, 9.17) is 0 Å². The summed E-state index contributed by atoms with van der Waals surface area (Å²) in [5, 5.41) is 4.08. The fourth-order valence-electron chi connectivity index (χ4n) is 1.77. The molecule has 1 aromatic carbocycles. The Kier molecular flexibility index (Phi) is 3.84. The molecule has 4 nitrogen and oxygen atoms in total. The highest BCUT2D eigenvalue weighted by molar-refractivity contribution is 6.21. The molecule has 0 aliphatic heterocycles. The molecule has 0 fully saturated rings. The number of hydrogen-bond acceptors (Lipinski definition) is 3. The first kappa shape index (κ1) is 14.2. The molecular formula is C16H19N3O. The number of nitrogens with zero attached hydrogens (tertiary/aromatic N) is 3. The van der Waals surface area contributed by atoms with Gasteiger partial charge in [-0.1, -0.05) is 50.6 Å². The number of rotatable bonds is 3. The van der Waals surface area contributed by atoms with Crippen LogP contribution in [0.3, 0.4) is 0 Å². The second kappa shape index (κ2) is 5.41. The van der Waals surface area contributed by atoms with Gasteiger partial charge in [0.1, 0.15) is 18.4 Å². The van der Waals surface area contributed by atoms with Gasteiger partial charge in [-0.25, -0.2) is 9.67 Å². The van der Waals surface area contributed by atoms with Gasteiger partial charge in [0.05, 0.1) is 0 Å². The Morgan fingerprint density at radius 1 is 1.20 bits per heavy atom. The summed E-state index contributed by atoms with van der Waals surface area (Å²) >= 11 is 0. The van der Waals surface area contributed by atoms with Crippen LogP contribution in [0.1, 0.15) is 31.9 Å². The van der Waals surface area contributed by atoms with Crippen molar-refractivity contribution >= 4 is 17.6 Å². The minimum Gasteiger partial charge on any atom is -0.292 e. The van der Waals surface area contributed by atoms with E-state index in [1.807, 2.05) is 58.0 Å². The third kappa shape index (κ3) is 3.20. The molecule has 20 heavy (non-hydrogen) atoms. The summed E-state index contributed by atoms with van der Waals surface area (Å²) in [6, 6.07) is 8.02. The van der Waals surface area contributed by atoms with Crippen molar-refractivity contribution in [2.75, 3.05) is 0 Å². The van der Waals surface area contributed by atoms with Gasteiger partial charge in [-0.3, -0.25) is 4.79 Å². The molecule has 0 N–H and O–H groups in total. The SMILES string of the molecule is Cc1ccc(C=C(C(=O)C(C)(C)C)n2cncn2)cc1. The lowest BCUT2D eigenvalue weighted by Gasteiger charge is -2.18. The van der Waals surface area contributed by atoms with Gasteiger partial charge in [-0.2, -0.15) is 5.10 Å². The lowest BCUT2D eigenvalue weighted by atomic mass is 9.88. The highest BCUT2D eigenvalue weighted by Crippen LogP contribution is 2.24. The third-order valence-electron chi connectivity index (χ3n) is 2.96. The van der Waals surface area contributed by atoms with Crippen LogP contribution in [0, 0.1) is 12.3 Å². The average molecular weight is 269 g/mol. The molecule has 4 heteroatoms. The number of ketones is 1. The van der Waals surface area contributed by atoms with Crippen molar-refractivity contribution in [1.29, 1.82) is 0 Å². The summed E-state index contributed by atoms with van der Waals surface area (Å²) in [6.45, 7) is 7.73. The van der Waals surface area contributed by atoms with Crippen LogP contribution in [0.5, 0.6) is 0 Å². The number of Topliss-reactive ketones (excluding diaryl/α,β-unsaturated/α-hetero) is 1. The molecular weight excluding hydrogens is 250 g/mol. The molecule has 1 aromatic heterocycles. The number of carbonyl (C=O) groups is 1. The number of carbonyl (C=O) groups excluding carboxylic acids is 1. The molecule has 0 aliphatic carbocycles. The maximum Gasteiger partial charge on any atom is 0.186 e. The molecule has 2 rings (SSSR count). The Bertz CT molecular complexity index is 617. The topological polar surface area (TPSA) is 47.8 Å².